The number of aromatic nitrogens is 2. The molecule has 0 saturated heterocycles. The van der Waals surface area contributed by atoms with Crippen LogP contribution in [0.15, 0.2) is 12.3 Å². The number of hydrogen-bond donors (Lipinski definition) is 1. The van der Waals surface area contributed by atoms with Crippen LogP contribution in [-0.2, 0) is 0 Å². The summed E-state index contributed by atoms with van der Waals surface area (Å²) in [5.41, 5.74) is 0.0444. The molecule has 0 saturated carbocycles. The highest BCUT2D eigenvalue weighted by Gasteiger charge is 2.14. The van der Waals surface area contributed by atoms with Crippen molar-refractivity contribution in [2.75, 3.05) is 18.0 Å². The van der Waals surface area contributed by atoms with E-state index in [0.717, 1.165) is 25.9 Å². The highest BCUT2D eigenvalue weighted by molar-refractivity contribution is 5.85. The summed E-state index contributed by atoms with van der Waals surface area (Å²) in [4.78, 5) is 21.2. The van der Waals surface area contributed by atoms with E-state index in [2.05, 4.69) is 23.8 Å². The Balaban J connectivity index is 2.87. The van der Waals surface area contributed by atoms with Crippen LogP contribution in [-0.4, -0.2) is 34.1 Å². The summed E-state index contributed by atoms with van der Waals surface area (Å²) in [6.07, 6.45) is 3.71. The van der Waals surface area contributed by atoms with Gasteiger partial charge in [-0.05, 0) is 18.9 Å². The maximum Gasteiger partial charge on any atom is 0.354 e. The number of nitrogens with zero attached hydrogens (tertiary/aromatic N) is 3. The van der Waals surface area contributed by atoms with Gasteiger partial charge in [-0.15, -0.1) is 0 Å². The number of rotatable bonds is 7. The largest absolute Gasteiger partial charge is 0.477 e. The van der Waals surface area contributed by atoms with Gasteiger partial charge >= 0.3 is 5.97 Å². The van der Waals surface area contributed by atoms with Crippen LogP contribution in [0.5, 0.6) is 0 Å². The number of aromatic carboxylic acids is 1. The van der Waals surface area contributed by atoms with Crippen molar-refractivity contribution in [2.24, 2.45) is 5.92 Å². The predicted molar refractivity (Wildman–Crippen MR) is 71.0 cm³/mol. The molecule has 0 bridgehead atoms. The smallest absolute Gasteiger partial charge is 0.354 e. The SMILES string of the molecule is CCC(CC)CN(CC)c1nccc(C(=O)O)n1. The first-order valence-corrected chi connectivity index (χ1v) is 6.43. The number of carboxylic acids is 1. The van der Waals surface area contributed by atoms with Gasteiger partial charge in [0.1, 0.15) is 0 Å². The summed E-state index contributed by atoms with van der Waals surface area (Å²) < 4.78 is 0. The van der Waals surface area contributed by atoms with Crippen molar-refractivity contribution in [3.8, 4) is 0 Å². The van der Waals surface area contributed by atoms with Gasteiger partial charge in [0.2, 0.25) is 5.95 Å². The topological polar surface area (TPSA) is 66.3 Å². The molecule has 0 aliphatic carbocycles. The van der Waals surface area contributed by atoms with Crippen molar-refractivity contribution in [2.45, 2.75) is 33.6 Å². The van der Waals surface area contributed by atoms with E-state index >= 15 is 0 Å². The highest BCUT2D eigenvalue weighted by atomic mass is 16.4. The summed E-state index contributed by atoms with van der Waals surface area (Å²) >= 11 is 0. The number of anilines is 1. The van der Waals surface area contributed by atoms with E-state index in [-0.39, 0.29) is 5.69 Å². The van der Waals surface area contributed by atoms with Crippen LogP contribution in [0.25, 0.3) is 0 Å². The van der Waals surface area contributed by atoms with Crippen molar-refractivity contribution in [3.05, 3.63) is 18.0 Å². The lowest BCUT2D eigenvalue weighted by Gasteiger charge is -2.25. The molecule has 1 N–H and O–H groups in total. The Kier molecular flexibility index (Phi) is 5.55. The fourth-order valence-corrected chi connectivity index (χ4v) is 1.83. The van der Waals surface area contributed by atoms with Crippen LogP contribution >= 0.6 is 0 Å². The van der Waals surface area contributed by atoms with E-state index in [0.29, 0.717) is 11.9 Å². The lowest BCUT2D eigenvalue weighted by Crippen LogP contribution is -2.30. The van der Waals surface area contributed by atoms with Gasteiger partial charge in [-0.25, -0.2) is 14.8 Å². The van der Waals surface area contributed by atoms with Crippen molar-refractivity contribution < 1.29 is 9.90 Å². The fraction of sp³-hybridized carbons (Fsp3) is 0.615. The van der Waals surface area contributed by atoms with Gasteiger partial charge in [0, 0.05) is 19.3 Å². The molecule has 0 radical (unpaired) electrons. The average Bonchev–Trinajstić information content (AvgIpc) is 2.40. The third-order valence-electron chi connectivity index (χ3n) is 3.16. The van der Waals surface area contributed by atoms with Crippen LogP contribution in [0.2, 0.25) is 0 Å². The zero-order valence-electron chi connectivity index (χ0n) is 11.3. The van der Waals surface area contributed by atoms with E-state index < -0.39 is 5.97 Å². The minimum Gasteiger partial charge on any atom is -0.477 e. The van der Waals surface area contributed by atoms with Crippen molar-refractivity contribution in [1.29, 1.82) is 0 Å². The van der Waals surface area contributed by atoms with Gasteiger partial charge in [-0.1, -0.05) is 26.7 Å². The molecule has 1 aromatic heterocycles. The molecule has 5 nitrogen and oxygen atoms in total. The van der Waals surface area contributed by atoms with Gasteiger partial charge in [-0.3, -0.25) is 0 Å². The van der Waals surface area contributed by atoms with Crippen LogP contribution < -0.4 is 4.90 Å². The normalized spacial score (nSPS) is 10.7. The monoisotopic (exact) mass is 251 g/mol. The standard InChI is InChI=1S/C13H21N3O2/c1-4-10(5-2)9-16(6-3)13-14-8-7-11(15-13)12(17)18/h7-8,10H,4-6,9H2,1-3H3,(H,17,18). The Morgan fingerprint density at radius 2 is 2.06 bits per heavy atom. The lowest BCUT2D eigenvalue weighted by atomic mass is 10.0. The number of carbonyl (C=O) groups is 1. The van der Waals surface area contributed by atoms with Gasteiger partial charge in [0.15, 0.2) is 5.69 Å². The maximum absolute atomic E-state index is 10.9. The second kappa shape index (κ2) is 6.93. The number of carboxylic acid groups (broad SMARTS) is 1. The third kappa shape index (κ3) is 3.68. The van der Waals surface area contributed by atoms with E-state index in [9.17, 15) is 4.79 Å². The summed E-state index contributed by atoms with van der Waals surface area (Å²) in [5, 5.41) is 8.93. The van der Waals surface area contributed by atoms with E-state index in [1.54, 1.807) is 0 Å². The second-order valence-corrected chi connectivity index (χ2v) is 4.27. The van der Waals surface area contributed by atoms with Crippen molar-refractivity contribution >= 4 is 11.9 Å². The van der Waals surface area contributed by atoms with Crippen LogP contribution in [0.4, 0.5) is 5.95 Å². The zero-order valence-corrected chi connectivity index (χ0v) is 11.3. The molecule has 100 valence electrons. The van der Waals surface area contributed by atoms with Crippen LogP contribution in [0.3, 0.4) is 0 Å². The first kappa shape index (κ1) is 14.4. The Morgan fingerprint density at radius 1 is 1.39 bits per heavy atom. The van der Waals surface area contributed by atoms with Gasteiger partial charge in [0.05, 0.1) is 0 Å². The quantitative estimate of drug-likeness (QED) is 0.806. The average molecular weight is 251 g/mol. The maximum atomic E-state index is 10.9. The fourth-order valence-electron chi connectivity index (χ4n) is 1.83. The first-order chi connectivity index (χ1) is 8.62. The Bertz CT molecular complexity index is 392. The van der Waals surface area contributed by atoms with Crippen molar-refractivity contribution in [1.82, 2.24) is 9.97 Å². The third-order valence-corrected chi connectivity index (χ3v) is 3.16. The minimum absolute atomic E-state index is 0.0444. The van der Waals surface area contributed by atoms with E-state index in [4.69, 9.17) is 5.11 Å². The number of hydrogen-bond acceptors (Lipinski definition) is 4. The molecule has 5 heteroatoms. The molecule has 0 aromatic carbocycles. The molecular formula is C13H21N3O2. The molecule has 0 unspecified atom stereocenters. The predicted octanol–water partition coefficient (Wildman–Crippen LogP) is 2.44. The molecule has 1 aromatic rings. The molecule has 0 amide bonds. The molecule has 0 spiro atoms. The molecule has 18 heavy (non-hydrogen) atoms. The molecule has 0 aliphatic rings. The van der Waals surface area contributed by atoms with Gasteiger partial charge in [-0.2, -0.15) is 0 Å². The lowest BCUT2D eigenvalue weighted by molar-refractivity contribution is 0.0690. The second-order valence-electron chi connectivity index (χ2n) is 4.27. The molecule has 0 aliphatic heterocycles. The molecule has 0 atom stereocenters. The molecular weight excluding hydrogens is 230 g/mol. The Labute approximate surface area is 108 Å². The highest BCUT2D eigenvalue weighted by Crippen LogP contribution is 2.14. The van der Waals surface area contributed by atoms with Crippen LogP contribution in [0.1, 0.15) is 44.1 Å². The van der Waals surface area contributed by atoms with Gasteiger partial charge < -0.3 is 10.0 Å². The summed E-state index contributed by atoms with van der Waals surface area (Å²) in [7, 11) is 0. The molecule has 0 fully saturated rings. The Morgan fingerprint density at radius 3 is 2.56 bits per heavy atom. The summed E-state index contributed by atoms with van der Waals surface area (Å²) in [6, 6.07) is 1.41. The van der Waals surface area contributed by atoms with Crippen molar-refractivity contribution in [3.63, 3.8) is 0 Å². The van der Waals surface area contributed by atoms with Crippen LogP contribution in [0, 0.1) is 5.92 Å². The molecule has 1 rings (SSSR count). The molecule has 1 heterocycles. The zero-order chi connectivity index (χ0) is 13.5. The van der Waals surface area contributed by atoms with E-state index in [1.165, 1.54) is 12.3 Å². The first-order valence-electron chi connectivity index (χ1n) is 6.43. The van der Waals surface area contributed by atoms with E-state index in [1.807, 2.05) is 11.8 Å². The van der Waals surface area contributed by atoms with Gasteiger partial charge in [0.25, 0.3) is 0 Å². The summed E-state index contributed by atoms with van der Waals surface area (Å²) in [6.45, 7) is 8.00. The minimum atomic E-state index is -1.02. The summed E-state index contributed by atoms with van der Waals surface area (Å²) in [5.74, 6) is 0.0728. The Hall–Kier alpha value is -1.65.